The molecule has 1 aliphatic rings. The van der Waals surface area contributed by atoms with Gasteiger partial charge in [-0.3, -0.25) is 4.79 Å². The number of benzene rings is 2. The molecule has 3 aromatic rings. The van der Waals surface area contributed by atoms with Crippen LogP contribution in [-0.4, -0.2) is 34.1 Å². The van der Waals surface area contributed by atoms with Crippen molar-refractivity contribution >= 4 is 5.91 Å². The molecule has 6 heteroatoms. The number of hydrogen-bond acceptors (Lipinski definition) is 5. The van der Waals surface area contributed by atoms with Gasteiger partial charge in [0.2, 0.25) is 11.7 Å². The van der Waals surface area contributed by atoms with E-state index in [1.165, 1.54) is 29.5 Å². The first kappa shape index (κ1) is 20.1. The van der Waals surface area contributed by atoms with E-state index in [1.54, 1.807) is 18.9 Å². The second-order valence-electron chi connectivity index (χ2n) is 7.97. The standard InChI is InChI=1S/C24H27N3O3/c1-16-8-10-19(11-9-16)23-25-22(30-26-23)15-27(3)24(28)17(2)29-21-13-12-18-6-4-5-7-20(18)14-21/h8-14,17H,4-7,15H2,1-3H3/t17-/m1/s1. The lowest BCUT2D eigenvalue weighted by Crippen LogP contribution is -2.37. The Bertz CT molecular complexity index is 1030. The van der Waals surface area contributed by atoms with Crippen molar-refractivity contribution in [1.29, 1.82) is 0 Å². The van der Waals surface area contributed by atoms with Gasteiger partial charge in [-0.05, 0) is 62.8 Å². The quantitative estimate of drug-likeness (QED) is 0.610. The van der Waals surface area contributed by atoms with Gasteiger partial charge in [-0.2, -0.15) is 4.98 Å². The predicted molar refractivity (Wildman–Crippen MR) is 114 cm³/mol. The number of rotatable bonds is 6. The Morgan fingerprint density at radius 2 is 1.87 bits per heavy atom. The fraction of sp³-hybridized carbons (Fsp3) is 0.375. The van der Waals surface area contributed by atoms with Crippen molar-refractivity contribution in [2.75, 3.05) is 7.05 Å². The molecule has 1 atom stereocenters. The molecular weight excluding hydrogens is 378 g/mol. The van der Waals surface area contributed by atoms with Crippen LogP contribution in [0.4, 0.5) is 0 Å². The molecule has 2 aromatic carbocycles. The van der Waals surface area contributed by atoms with Crippen LogP contribution in [0.2, 0.25) is 0 Å². The lowest BCUT2D eigenvalue weighted by atomic mass is 9.92. The third kappa shape index (κ3) is 4.53. The molecule has 0 bridgehead atoms. The van der Waals surface area contributed by atoms with E-state index in [0.717, 1.165) is 24.2 Å². The summed E-state index contributed by atoms with van der Waals surface area (Å²) < 4.78 is 11.3. The fourth-order valence-corrected chi connectivity index (χ4v) is 3.77. The summed E-state index contributed by atoms with van der Waals surface area (Å²) in [5.74, 6) is 1.51. The summed E-state index contributed by atoms with van der Waals surface area (Å²) in [5, 5.41) is 4.03. The molecule has 0 unspecified atom stereocenters. The molecule has 0 fully saturated rings. The number of aryl methyl sites for hydroxylation is 3. The molecule has 0 saturated heterocycles. The van der Waals surface area contributed by atoms with Crippen molar-refractivity contribution < 1.29 is 14.1 Å². The number of likely N-dealkylation sites (N-methyl/N-ethyl adjacent to an activating group) is 1. The number of ether oxygens (including phenoxy) is 1. The number of hydrogen-bond donors (Lipinski definition) is 0. The smallest absolute Gasteiger partial charge is 0.263 e. The molecule has 4 rings (SSSR count). The van der Waals surface area contributed by atoms with Crippen molar-refractivity contribution in [3.05, 3.63) is 65.0 Å². The van der Waals surface area contributed by atoms with E-state index in [0.29, 0.717) is 11.7 Å². The van der Waals surface area contributed by atoms with Crippen molar-refractivity contribution in [2.45, 2.75) is 52.2 Å². The van der Waals surface area contributed by atoms with E-state index in [1.807, 2.05) is 37.3 Å². The van der Waals surface area contributed by atoms with Gasteiger partial charge in [-0.1, -0.05) is 41.1 Å². The van der Waals surface area contributed by atoms with Crippen LogP contribution in [0, 0.1) is 6.92 Å². The van der Waals surface area contributed by atoms with Crippen molar-refractivity contribution in [3.8, 4) is 17.1 Å². The second kappa shape index (κ2) is 8.69. The zero-order chi connectivity index (χ0) is 21.1. The number of carbonyl (C=O) groups excluding carboxylic acids is 1. The summed E-state index contributed by atoms with van der Waals surface area (Å²) in [6.07, 6.45) is 4.06. The molecule has 0 saturated carbocycles. The molecule has 0 radical (unpaired) electrons. The summed E-state index contributed by atoms with van der Waals surface area (Å²) in [6, 6.07) is 14.1. The largest absolute Gasteiger partial charge is 0.481 e. The first-order chi connectivity index (χ1) is 14.5. The first-order valence-corrected chi connectivity index (χ1v) is 10.4. The normalized spacial score (nSPS) is 14.1. The molecule has 0 aliphatic heterocycles. The van der Waals surface area contributed by atoms with Gasteiger partial charge in [0.1, 0.15) is 5.75 Å². The van der Waals surface area contributed by atoms with Gasteiger partial charge in [-0.15, -0.1) is 0 Å². The molecule has 0 N–H and O–H groups in total. The molecule has 1 aliphatic carbocycles. The Hall–Kier alpha value is -3.15. The van der Waals surface area contributed by atoms with E-state index >= 15 is 0 Å². The number of aromatic nitrogens is 2. The van der Waals surface area contributed by atoms with Gasteiger partial charge in [0.05, 0.1) is 6.54 Å². The summed E-state index contributed by atoms with van der Waals surface area (Å²) in [7, 11) is 1.71. The Labute approximate surface area is 176 Å². The average molecular weight is 405 g/mol. The molecule has 0 spiro atoms. The Morgan fingerprint density at radius 3 is 2.63 bits per heavy atom. The van der Waals surface area contributed by atoms with Gasteiger partial charge < -0.3 is 14.2 Å². The van der Waals surface area contributed by atoms with E-state index < -0.39 is 6.10 Å². The molecule has 1 heterocycles. The summed E-state index contributed by atoms with van der Waals surface area (Å²) >= 11 is 0. The van der Waals surface area contributed by atoms with Crippen LogP contribution < -0.4 is 4.74 Å². The van der Waals surface area contributed by atoms with Crippen LogP contribution in [-0.2, 0) is 24.2 Å². The van der Waals surface area contributed by atoms with Crippen molar-refractivity contribution in [1.82, 2.24) is 15.0 Å². The SMILES string of the molecule is Cc1ccc(-c2noc(CN(C)C(=O)[C@@H](C)Oc3ccc4c(c3)CCCC4)n2)cc1. The van der Waals surface area contributed by atoms with Crippen LogP contribution in [0.3, 0.4) is 0 Å². The van der Waals surface area contributed by atoms with Crippen LogP contribution in [0.5, 0.6) is 5.75 Å². The van der Waals surface area contributed by atoms with E-state index in [2.05, 4.69) is 22.3 Å². The number of carbonyl (C=O) groups is 1. The predicted octanol–water partition coefficient (Wildman–Crippen LogP) is 4.35. The minimum Gasteiger partial charge on any atom is -0.481 e. The average Bonchev–Trinajstić information content (AvgIpc) is 3.22. The minimum absolute atomic E-state index is 0.136. The van der Waals surface area contributed by atoms with Gasteiger partial charge in [-0.25, -0.2) is 0 Å². The van der Waals surface area contributed by atoms with Crippen molar-refractivity contribution in [2.24, 2.45) is 0 Å². The monoisotopic (exact) mass is 405 g/mol. The van der Waals surface area contributed by atoms with Gasteiger partial charge >= 0.3 is 0 Å². The lowest BCUT2D eigenvalue weighted by Gasteiger charge is -2.22. The molecule has 30 heavy (non-hydrogen) atoms. The zero-order valence-electron chi connectivity index (χ0n) is 17.7. The highest BCUT2D eigenvalue weighted by atomic mass is 16.5. The molecule has 156 valence electrons. The topological polar surface area (TPSA) is 68.5 Å². The third-order valence-electron chi connectivity index (χ3n) is 5.51. The number of amides is 1. The number of fused-ring (bicyclic) bond motifs is 1. The third-order valence-corrected chi connectivity index (χ3v) is 5.51. The van der Waals surface area contributed by atoms with Crippen LogP contribution >= 0.6 is 0 Å². The lowest BCUT2D eigenvalue weighted by molar-refractivity contribution is -0.137. The number of nitrogens with zero attached hydrogens (tertiary/aromatic N) is 3. The van der Waals surface area contributed by atoms with Gasteiger partial charge in [0.15, 0.2) is 6.10 Å². The van der Waals surface area contributed by atoms with Crippen molar-refractivity contribution in [3.63, 3.8) is 0 Å². The van der Waals surface area contributed by atoms with Crippen LogP contribution in [0.25, 0.3) is 11.4 Å². The Balaban J connectivity index is 1.37. The molecule has 6 nitrogen and oxygen atoms in total. The highest BCUT2D eigenvalue weighted by Gasteiger charge is 2.22. The Kier molecular flexibility index (Phi) is 5.84. The fourth-order valence-electron chi connectivity index (χ4n) is 3.77. The minimum atomic E-state index is -0.601. The van der Waals surface area contributed by atoms with Crippen LogP contribution in [0.1, 0.15) is 42.3 Å². The maximum Gasteiger partial charge on any atom is 0.263 e. The van der Waals surface area contributed by atoms with E-state index in [-0.39, 0.29) is 12.5 Å². The summed E-state index contributed by atoms with van der Waals surface area (Å²) in [4.78, 5) is 18.7. The molecular formula is C24H27N3O3. The Morgan fingerprint density at radius 1 is 1.13 bits per heavy atom. The van der Waals surface area contributed by atoms with Gasteiger partial charge in [0, 0.05) is 12.6 Å². The van der Waals surface area contributed by atoms with E-state index in [9.17, 15) is 4.79 Å². The highest BCUT2D eigenvalue weighted by Crippen LogP contribution is 2.26. The molecule has 1 amide bonds. The van der Waals surface area contributed by atoms with Crippen LogP contribution in [0.15, 0.2) is 47.0 Å². The highest BCUT2D eigenvalue weighted by molar-refractivity contribution is 5.80. The maximum atomic E-state index is 12.8. The zero-order valence-corrected chi connectivity index (χ0v) is 17.7. The van der Waals surface area contributed by atoms with Gasteiger partial charge in [0.25, 0.3) is 5.91 Å². The first-order valence-electron chi connectivity index (χ1n) is 10.4. The van der Waals surface area contributed by atoms with E-state index in [4.69, 9.17) is 9.26 Å². The second-order valence-corrected chi connectivity index (χ2v) is 7.97. The summed E-state index contributed by atoms with van der Waals surface area (Å²) in [5.41, 5.74) is 4.78. The summed E-state index contributed by atoms with van der Waals surface area (Å²) in [6.45, 7) is 4.03. The molecule has 1 aromatic heterocycles. The maximum absolute atomic E-state index is 12.8.